The van der Waals surface area contributed by atoms with Gasteiger partial charge in [-0.15, -0.1) is 0 Å². The van der Waals surface area contributed by atoms with Crippen molar-refractivity contribution in [3.63, 3.8) is 0 Å². The van der Waals surface area contributed by atoms with Gasteiger partial charge >= 0.3 is 0 Å². The summed E-state index contributed by atoms with van der Waals surface area (Å²) in [6, 6.07) is 4.90. The monoisotopic (exact) mass is 251 g/mol. The molecule has 0 saturated carbocycles. The lowest BCUT2D eigenvalue weighted by atomic mass is 10.1. The largest absolute Gasteiger partial charge is 0.393 e. The first kappa shape index (κ1) is 12.8. The van der Waals surface area contributed by atoms with E-state index in [2.05, 4.69) is 4.90 Å². The van der Waals surface area contributed by atoms with Gasteiger partial charge in [-0.1, -0.05) is 6.07 Å². The zero-order valence-electron chi connectivity index (χ0n) is 10.3. The number of anilines is 1. The van der Waals surface area contributed by atoms with E-state index in [4.69, 9.17) is 10.5 Å². The Labute approximate surface area is 105 Å². The number of benzene rings is 1. The molecule has 1 unspecified atom stereocenters. The highest BCUT2D eigenvalue weighted by molar-refractivity contribution is 5.59. The van der Waals surface area contributed by atoms with E-state index in [0.29, 0.717) is 0 Å². The molecule has 0 radical (unpaired) electrons. The van der Waals surface area contributed by atoms with Gasteiger partial charge in [-0.3, -0.25) is 15.0 Å². The Morgan fingerprint density at radius 1 is 1.61 bits per heavy atom. The summed E-state index contributed by atoms with van der Waals surface area (Å²) >= 11 is 0. The first-order chi connectivity index (χ1) is 8.56. The molecule has 2 N–H and O–H groups in total. The van der Waals surface area contributed by atoms with Crippen LogP contribution in [0.1, 0.15) is 12.5 Å². The van der Waals surface area contributed by atoms with E-state index in [9.17, 15) is 10.1 Å². The molecule has 6 nitrogen and oxygen atoms in total. The SMILES string of the molecule is CC1CN(Cc2ccc([N+](=O)[O-])c(N)c2)CCO1. The predicted molar refractivity (Wildman–Crippen MR) is 68.2 cm³/mol. The van der Waals surface area contributed by atoms with E-state index in [1.165, 1.54) is 6.07 Å². The van der Waals surface area contributed by atoms with Gasteiger partial charge in [0, 0.05) is 25.7 Å². The minimum absolute atomic E-state index is 0.0332. The van der Waals surface area contributed by atoms with Gasteiger partial charge in [0.25, 0.3) is 5.69 Å². The summed E-state index contributed by atoms with van der Waals surface area (Å²) < 4.78 is 5.46. The number of nitro benzene ring substituents is 1. The van der Waals surface area contributed by atoms with E-state index in [1.807, 2.05) is 6.92 Å². The van der Waals surface area contributed by atoms with Crippen LogP contribution in [0.25, 0.3) is 0 Å². The Kier molecular flexibility index (Phi) is 3.78. The summed E-state index contributed by atoms with van der Waals surface area (Å²) in [5.41, 5.74) is 6.85. The molecule has 1 aromatic carbocycles. The number of morpholine rings is 1. The first-order valence-electron chi connectivity index (χ1n) is 5.93. The first-order valence-corrected chi connectivity index (χ1v) is 5.93. The molecule has 98 valence electrons. The molecule has 1 saturated heterocycles. The van der Waals surface area contributed by atoms with Gasteiger partial charge in [0.15, 0.2) is 0 Å². The highest BCUT2D eigenvalue weighted by atomic mass is 16.6. The molecule has 1 fully saturated rings. The van der Waals surface area contributed by atoms with Crippen molar-refractivity contribution in [2.24, 2.45) is 0 Å². The van der Waals surface area contributed by atoms with Crippen LogP contribution in [0.3, 0.4) is 0 Å². The van der Waals surface area contributed by atoms with Crippen molar-refractivity contribution in [2.45, 2.75) is 19.6 Å². The number of nitrogen functional groups attached to an aromatic ring is 1. The van der Waals surface area contributed by atoms with Gasteiger partial charge in [0.1, 0.15) is 5.69 Å². The minimum Gasteiger partial charge on any atom is -0.393 e. The van der Waals surface area contributed by atoms with Gasteiger partial charge in [0.2, 0.25) is 0 Å². The summed E-state index contributed by atoms with van der Waals surface area (Å²) in [5.74, 6) is 0. The minimum atomic E-state index is -0.462. The number of hydrogen-bond donors (Lipinski definition) is 1. The third kappa shape index (κ3) is 2.96. The Hall–Kier alpha value is -1.66. The van der Waals surface area contributed by atoms with Crippen LogP contribution in [-0.2, 0) is 11.3 Å². The maximum Gasteiger partial charge on any atom is 0.292 e. The second-order valence-electron chi connectivity index (χ2n) is 4.57. The molecule has 1 aliphatic rings. The topological polar surface area (TPSA) is 81.6 Å². The molecule has 2 rings (SSSR count). The Bertz CT molecular complexity index is 450. The predicted octanol–water partition coefficient (Wildman–Crippen LogP) is 1.40. The van der Waals surface area contributed by atoms with Crippen molar-refractivity contribution in [2.75, 3.05) is 25.4 Å². The quantitative estimate of drug-likeness (QED) is 0.499. The van der Waals surface area contributed by atoms with Crippen molar-refractivity contribution in [3.8, 4) is 0 Å². The second-order valence-corrected chi connectivity index (χ2v) is 4.57. The van der Waals surface area contributed by atoms with Crippen LogP contribution in [0.15, 0.2) is 18.2 Å². The average Bonchev–Trinajstić information content (AvgIpc) is 2.28. The fraction of sp³-hybridized carbons (Fsp3) is 0.500. The van der Waals surface area contributed by atoms with E-state index < -0.39 is 4.92 Å². The molecule has 1 aliphatic heterocycles. The molecular formula is C12H17N3O3. The lowest BCUT2D eigenvalue weighted by molar-refractivity contribution is -0.383. The van der Waals surface area contributed by atoms with E-state index >= 15 is 0 Å². The molecule has 1 aromatic rings. The molecule has 0 bridgehead atoms. The van der Waals surface area contributed by atoms with Crippen molar-refractivity contribution >= 4 is 11.4 Å². The molecule has 0 aromatic heterocycles. The zero-order chi connectivity index (χ0) is 13.1. The number of rotatable bonds is 3. The van der Waals surface area contributed by atoms with Crippen molar-refractivity contribution in [3.05, 3.63) is 33.9 Å². The van der Waals surface area contributed by atoms with Crippen LogP contribution in [0.2, 0.25) is 0 Å². The molecule has 0 amide bonds. The summed E-state index contributed by atoms with van der Waals surface area (Å²) in [7, 11) is 0. The van der Waals surface area contributed by atoms with Crippen LogP contribution in [0, 0.1) is 10.1 Å². The molecule has 0 aliphatic carbocycles. The van der Waals surface area contributed by atoms with Crippen LogP contribution in [0.4, 0.5) is 11.4 Å². The van der Waals surface area contributed by atoms with Crippen LogP contribution >= 0.6 is 0 Å². The number of nitrogens with two attached hydrogens (primary N) is 1. The molecular weight excluding hydrogens is 234 g/mol. The number of nitro groups is 1. The van der Waals surface area contributed by atoms with E-state index in [1.54, 1.807) is 12.1 Å². The summed E-state index contributed by atoms with van der Waals surface area (Å²) in [4.78, 5) is 12.5. The molecule has 0 spiro atoms. The van der Waals surface area contributed by atoms with Gasteiger partial charge < -0.3 is 10.5 Å². The Morgan fingerprint density at radius 3 is 3.00 bits per heavy atom. The van der Waals surface area contributed by atoms with Gasteiger partial charge in [-0.25, -0.2) is 0 Å². The highest BCUT2D eigenvalue weighted by Crippen LogP contribution is 2.23. The zero-order valence-corrected chi connectivity index (χ0v) is 10.3. The fourth-order valence-electron chi connectivity index (χ4n) is 2.16. The molecule has 1 heterocycles. The van der Waals surface area contributed by atoms with Crippen LogP contribution in [0.5, 0.6) is 0 Å². The highest BCUT2D eigenvalue weighted by Gasteiger charge is 2.18. The summed E-state index contributed by atoms with van der Waals surface area (Å²) in [5, 5.41) is 10.7. The maximum atomic E-state index is 10.7. The smallest absolute Gasteiger partial charge is 0.292 e. The third-order valence-corrected chi connectivity index (χ3v) is 3.02. The van der Waals surface area contributed by atoms with Gasteiger partial charge in [-0.2, -0.15) is 0 Å². The third-order valence-electron chi connectivity index (χ3n) is 3.02. The second kappa shape index (κ2) is 5.32. The summed E-state index contributed by atoms with van der Waals surface area (Å²) in [6.07, 6.45) is 0.231. The average molecular weight is 251 g/mol. The van der Waals surface area contributed by atoms with E-state index in [-0.39, 0.29) is 17.5 Å². The van der Waals surface area contributed by atoms with Crippen molar-refractivity contribution in [1.29, 1.82) is 0 Å². The summed E-state index contributed by atoms with van der Waals surface area (Å²) in [6.45, 7) is 5.26. The molecule has 18 heavy (non-hydrogen) atoms. The van der Waals surface area contributed by atoms with Crippen LogP contribution < -0.4 is 5.73 Å². The Balaban J connectivity index is 2.05. The van der Waals surface area contributed by atoms with Crippen LogP contribution in [-0.4, -0.2) is 35.6 Å². The number of ether oxygens (including phenoxy) is 1. The van der Waals surface area contributed by atoms with Crippen molar-refractivity contribution < 1.29 is 9.66 Å². The van der Waals surface area contributed by atoms with E-state index in [0.717, 1.165) is 31.8 Å². The molecule has 1 atom stereocenters. The van der Waals surface area contributed by atoms with Gasteiger partial charge in [-0.05, 0) is 18.6 Å². The maximum absolute atomic E-state index is 10.7. The normalized spacial score (nSPS) is 20.8. The Morgan fingerprint density at radius 2 is 2.39 bits per heavy atom. The lowest BCUT2D eigenvalue weighted by Gasteiger charge is -2.31. The van der Waals surface area contributed by atoms with Crippen molar-refractivity contribution in [1.82, 2.24) is 4.90 Å². The number of nitrogens with zero attached hydrogens (tertiary/aromatic N) is 2. The molecule has 6 heteroatoms. The lowest BCUT2D eigenvalue weighted by Crippen LogP contribution is -2.40. The van der Waals surface area contributed by atoms with Gasteiger partial charge in [0.05, 0.1) is 17.6 Å². The fourth-order valence-corrected chi connectivity index (χ4v) is 2.16. The number of hydrogen-bond acceptors (Lipinski definition) is 5. The standard InChI is InChI=1S/C12H17N3O3/c1-9-7-14(4-5-18-9)8-10-2-3-12(15(16)17)11(13)6-10/h2-3,6,9H,4-5,7-8,13H2,1H3.